The van der Waals surface area contributed by atoms with Gasteiger partial charge in [-0.05, 0) is 43.5 Å². The van der Waals surface area contributed by atoms with E-state index in [1.165, 1.54) is 24.8 Å². The predicted octanol–water partition coefficient (Wildman–Crippen LogP) is 3.87. The summed E-state index contributed by atoms with van der Waals surface area (Å²) < 4.78 is 0. The molecule has 0 aliphatic carbocycles. The molecule has 3 aromatic rings. The number of nitrogens with zero attached hydrogens (tertiary/aromatic N) is 2. The van der Waals surface area contributed by atoms with Gasteiger partial charge in [0, 0.05) is 17.8 Å². The van der Waals surface area contributed by atoms with Crippen molar-refractivity contribution in [3.05, 3.63) is 46.1 Å². The van der Waals surface area contributed by atoms with Gasteiger partial charge in [0.2, 0.25) is 0 Å². The van der Waals surface area contributed by atoms with Gasteiger partial charge in [0.05, 0.1) is 17.4 Å². The number of anilines is 2. The standard InChI is InChI=1S/C21H25N5O3S/c1-5-6-9-22-20(28)17-13(3)16-18(23-11-24-21(16)30-17)25-15-10-14(8-7-12(15)2)19(27)26-29-4/h7-8,10-11H,5-6,9H2,1-4H3,(H,22,28)(H,26,27)(H,23,24,25). The van der Waals surface area contributed by atoms with E-state index in [2.05, 4.69) is 33.0 Å². The highest BCUT2D eigenvalue weighted by Crippen LogP contribution is 2.35. The van der Waals surface area contributed by atoms with E-state index in [1.807, 2.05) is 19.9 Å². The molecule has 0 aliphatic rings. The Morgan fingerprint density at radius 2 is 1.97 bits per heavy atom. The highest BCUT2D eigenvalue weighted by molar-refractivity contribution is 7.20. The van der Waals surface area contributed by atoms with Crippen molar-refractivity contribution in [1.29, 1.82) is 0 Å². The molecule has 8 nitrogen and oxygen atoms in total. The zero-order valence-corrected chi connectivity index (χ0v) is 18.3. The quantitative estimate of drug-likeness (QED) is 0.372. The molecule has 0 atom stereocenters. The lowest BCUT2D eigenvalue weighted by Gasteiger charge is -2.12. The van der Waals surface area contributed by atoms with Crippen LogP contribution in [-0.2, 0) is 4.84 Å². The number of carbonyl (C=O) groups excluding carboxylic acids is 2. The Labute approximate surface area is 179 Å². The number of nitrogens with one attached hydrogen (secondary N) is 3. The van der Waals surface area contributed by atoms with E-state index in [0.717, 1.165) is 39.9 Å². The fourth-order valence-electron chi connectivity index (χ4n) is 3.02. The minimum atomic E-state index is -0.342. The Morgan fingerprint density at radius 1 is 1.17 bits per heavy atom. The van der Waals surface area contributed by atoms with Gasteiger partial charge in [0.1, 0.15) is 17.0 Å². The van der Waals surface area contributed by atoms with Crippen molar-refractivity contribution in [2.45, 2.75) is 33.6 Å². The Bertz CT molecular complexity index is 1080. The first-order valence-electron chi connectivity index (χ1n) is 9.69. The lowest BCUT2D eigenvalue weighted by Crippen LogP contribution is -2.23. The molecule has 30 heavy (non-hydrogen) atoms. The number of unbranched alkanes of at least 4 members (excludes halogenated alkanes) is 1. The van der Waals surface area contributed by atoms with Crippen molar-refractivity contribution in [2.24, 2.45) is 0 Å². The Balaban J connectivity index is 1.95. The number of hydrogen-bond acceptors (Lipinski definition) is 7. The van der Waals surface area contributed by atoms with Gasteiger partial charge in [-0.1, -0.05) is 19.4 Å². The molecule has 3 rings (SSSR count). The molecule has 1 aromatic carbocycles. The summed E-state index contributed by atoms with van der Waals surface area (Å²) in [5.41, 5.74) is 5.28. The SMILES string of the molecule is CCCCNC(=O)c1sc2ncnc(Nc3cc(C(=O)NOC)ccc3C)c2c1C. The van der Waals surface area contributed by atoms with Crippen LogP contribution in [0.5, 0.6) is 0 Å². The average molecular weight is 428 g/mol. The van der Waals surface area contributed by atoms with Crippen molar-refractivity contribution in [2.75, 3.05) is 19.0 Å². The first-order chi connectivity index (χ1) is 14.5. The number of hydrogen-bond donors (Lipinski definition) is 3. The highest BCUT2D eigenvalue weighted by atomic mass is 32.1. The number of carbonyl (C=O) groups is 2. The van der Waals surface area contributed by atoms with E-state index in [1.54, 1.807) is 12.1 Å². The summed E-state index contributed by atoms with van der Waals surface area (Å²) >= 11 is 1.35. The monoisotopic (exact) mass is 427 g/mol. The van der Waals surface area contributed by atoms with Crippen LogP contribution >= 0.6 is 11.3 Å². The molecule has 0 saturated heterocycles. The van der Waals surface area contributed by atoms with Gasteiger partial charge in [-0.3, -0.25) is 14.4 Å². The minimum absolute atomic E-state index is 0.0932. The summed E-state index contributed by atoms with van der Waals surface area (Å²) in [7, 11) is 1.39. The summed E-state index contributed by atoms with van der Waals surface area (Å²) in [5.74, 6) is 0.157. The zero-order chi connectivity index (χ0) is 21.7. The lowest BCUT2D eigenvalue weighted by atomic mass is 10.1. The van der Waals surface area contributed by atoms with Crippen LogP contribution in [0.25, 0.3) is 10.2 Å². The van der Waals surface area contributed by atoms with Gasteiger partial charge in [0.15, 0.2) is 0 Å². The maximum atomic E-state index is 12.6. The molecule has 0 aliphatic heterocycles. The topological polar surface area (TPSA) is 105 Å². The third-order valence-electron chi connectivity index (χ3n) is 4.70. The lowest BCUT2D eigenvalue weighted by molar-refractivity contribution is 0.0537. The smallest absolute Gasteiger partial charge is 0.274 e. The molecule has 0 fully saturated rings. The largest absolute Gasteiger partial charge is 0.351 e. The molecule has 2 amide bonds. The van der Waals surface area contributed by atoms with Crippen molar-refractivity contribution < 1.29 is 14.4 Å². The maximum absolute atomic E-state index is 12.6. The number of aryl methyl sites for hydroxylation is 2. The zero-order valence-electron chi connectivity index (χ0n) is 17.5. The molecule has 0 radical (unpaired) electrons. The third kappa shape index (κ3) is 4.58. The van der Waals surface area contributed by atoms with Gasteiger partial charge in [0.25, 0.3) is 11.8 Å². The number of aromatic nitrogens is 2. The third-order valence-corrected chi connectivity index (χ3v) is 5.90. The number of thiophene rings is 1. The van der Waals surface area contributed by atoms with Gasteiger partial charge >= 0.3 is 0 Å². The van der Waals surface area contributed by atoms with Crippen LogP contribution in [-0.4, -0.2) is 35.4 Å². The molecule has 0 spiro atoms. The molecular formula is C21H25N5O3S. The summed E-state index contributed by atoms with van der Waals surface area (Å²) in [6, 6.07) is 5.30. The number of benzene rings is 1. The Morgan fingerprint density at radius 3 is 2.70 bits per heavy atom. The second kappa shape index (κ2) is 9.64. The van der Waals surface area contributed by atoms with Crippen LogP contribution in [0, 0.1) is 13.8 Å². The Kier molecular flexibility index (Phi) is 6.96. The molecule has 3 N–H and O–H groups in total. The molecule has 2 heterocycles. The van der Waals surface area contributed by atoms with Crippen molar-refractivity contribution >= 4 is 44.9 Å². The fraction of sp³-hybridized carbons (Fsp3) is 0.333. The van der Waals surface area contributed by atoms with E-state index in [-0.39, 0.29) is 11.8 Å². The van der Waals surface area contributed by atoms with Gasteiger partial charge in [-0.15, -0.1) is 11.3 Å². The second-order valence-corrected chi connectivity index (χ2v) is 7.86. The maximum Gasteiger partial charge on any atom is 0.274 e. The van der Waals surface area contributed by atoms with Gasteiger partial charge in [-0.25, -0.2) is 15.4 Å². The molecular weight excluding hydrogens is 402 g/mol. The van der Waals surface area contributed by atoms with Crippen LogP contribution in [0.2, 0.25) is 0 Å². The van der Waals surface area contributed by atoms with Crippen LogP contribution in [0.3, 0.4) is 0 Å². The van der Waals surface area contributed by atoms with Crippen LogP contribution in [0.15, 0.2) is 24.5 Å². The normalized spacial score (nSPS) is 10.8. The summed E-state index contributed by atoms with van der Waals surface area (Å²) in [5, 5.41) is 7.06. The average Bonchev–Trinajstić information content (AvgIpc) is 3.07. The van der Waals surface area contributed by atoms with E-state index in [9.17, 15) is 9.59 Å². The van der Waals surface area contributed by atoms with E-state index in [0.29, 0.717) is 22.8 Å². The minimum Gasteiger partial charge on any atom is -0.351 e. The van der Waals surface area contributed by atoms with Gasteiger partial charge in [-0.2, -0.15) is 0 Å². The van der Waals surface area contributed by atoms with Crippen LogP contribution in [0.1, 0.15) is 50.9 Å². The number of hydroxylamine groups is 1. The van der Waals surface area contributed by atoms with Crippen LogP contribution < -0.4 is 16.1 Å². The molecule has 9 heteroatoms. The second-order valence-electron chi connectivity index (χ2n) is 6.86. The summed E-state index contributed by atoms with van der Waals surface area (Å²) in [4.78, 5) is 39.5. The predicted molar refractivity (Wildman–Crippen MR) is 118 cm³/mol. The van der Waals surface area contributed by atoms with Gasteiger partial charge < -0.3 is 10.6 Å². The molecule has 0 bridgehead atoms. The molecule has 0 unspecified atom stereocenters. The highest BCUT2D eigenvalue weighted by Gasteiger charge is 2.19. The number of fused-ring (bicyclic) bond motifs is 1. The molecule has 158 valence electrons. The Hall–Kier alpha value is -3.04. The van der Waals surface area contributed by atoms with E-state index >= 15 is 0 Å². The van der Waals surface area contributed by atoms with E-state index in [4.69, 9.17) is 4.84 Å². The van der Waals surface area contributed by atoms with Crippen molar-refractivity contribution in [3.63, 3.8) is 0 Å². The fourth-order valence-corrected chi connectivity index (χ4v) is 4.08. The van der Waals surface area contributed by atoms with Crippen LogP contribution in [0.4, 0.5) is 11.5 Å². The summed E-state index contributed by atoms with van der Waals surface area (Å²) in [6.07, 6.45) is 3.43. The molecule has 0 saturated carbocycles. The first kappa shape index (κ1) is 21.7. The summed E-state index contributed by atoms with van der Waals surface area (Å²) in [6.45, 7) is 6.57. The van der Waals surface area contributed by atoms with E-state index < -0.39 is 0 Å². The number of amides is 2. The number of rotatable bonds is 8. The van der Waals surface area contributed by atoms with Crippen molar-refractivity contribution in [3.8, 4) is 0 Å². The molecule has 2 aromatic heterocycles. The first-order valence-corrected chi connectivity index (χ1v) is 10.5. The van der Waals surface area contributed by atoms with Crippen molar-refractivity contribution in [1.82, 2.24) is 20.8 Å².